The Morgan fingerprint density at radius 3 is 2.50 bits per heavy atom. The van der Waals surface area contributed by atoms with E-state index in [0.29, 0.717) is 0 Å². The number of nitrogens with one attached hydrogen (secondary N) is 1. The number of rotatable bonds is 8. The lowest BCUT2D eigenvalue weighted by Gasteiger charge is -2.27. The lowest BCUT2D eigenvalue weighted by atomic mass is 9.95. The number of aliphatic carboxylic acids is 1. The number of hydrogen-bond donors (Lipinski definition) is 3. The molecule has 5 heteroatoms. The summed E-state index contributed by atoms with van der Waals surface area (Å²) in [4.78, 5) is 22.5. The number of hydrogen-bond acceptors (Lipinski definition) is 3. The smallest absolute Gasteiger partial charge is 0.320 e. The van der Waals surface area contributed by atoms with E-state index in [4.69, 9.17) is 10.8 Å². The summed E-state index contributed by atoms with van der Waals surface area (Å²) in [5.74, 6) is -1.65. The third kappa shape index (κ3) is 6.39. The quantitative estimate of drug-likeness (QED) is 0.570. The molecule has 0 spiro atoms. The molecule has 1 amide bonds. The molecule has 1 unspecified atom stereocenters. The van der Waals surface area contributed by atoms with Crippen molar-refractivity contribution < 1.29 is 14.7 Å². The summed E-state index contributed by atoms with van der Waals surface area (Å²) in [7, 11) is 0. The molecule has 0 fully saturated rings. The first kappa shape index (κ1) is 16.6. The molecule has 18 heavy (non-hydrogen) atoms. The van der Waals surface area contributed by atoms with Crippen LogP contribution in [0.2, 0.25) is 0 Å². The first-order valence-corrected chi connectivity index (χ1v) is 6.10. The van der Waals surface area contributed by atoms with Gasteiger partial charge in [0.2, 0.25) is 5.91 Å². The van der Waals surface area contributed by atoms with E-state index in [9.17, 15) is 9.59 Å². The first-order valence-electron chi connectivity index (χ1n) is 6.10. The zero-order chi connectivity index (χ0) is 14.3. The maximum Gasteiger partial charge on any atom is 0.320 e. The van der Waals surface area contributed by atoms with Gasteiger partial charge in [0, 0.05) is 12.0 Å². The Morgan fingerprint density at radius 1 is 1.50 bits per heavy atom. The van der Waals surface area contributed by atoms with E-state index in [-0.39, 0.29) is 17.9 Å². The van der Waals surface area contributed by atoms with Crippen LogP contribution < -0.4 is 11.1 Å². The lowest BCUT2D eigenvalue weighted by Crippen LogP contribution is -2.45. The van der Waals surface area contributed by atoms with Crippen molar-refractivity contribution in [2.75, 3.05) is 0 Å². The Bertz CT molecular complexity index is 313. The van der Waals surface area contributed by atoms with Gasteiger partial charge in [0.1, 0.15) is 6.04 Å². The summed E-state index contributed by atoms with van der Waals surface area (Å²) in [6.45, 7) is 9.15. The molecule has 0 aliphatic heterocycles. The maximum absolute atomic E-state index is 11.8. The minimum Gasteiger partial charge on any atom is -0.480 e. The molecular weight excluding hydrogens is 232 g/mol. The number of nitrogens with two attached hydrogens (primary N) is 1. The monoisotopic (exact) mass is 256 g/mol. The van der Waals surface area contributed by atoms with Crippen LogP contribution in [0.3, 0.4) is 0 Å². The second kappa shape index (κ2) is 7.16. The number of carboxylic acid groups (broad SMARTS) is 1. The largest absolute Gasteiger partial charge is 0.480 e. The molecule has 0 radical (unpaired) electrons. The highest BCUT2D eigenvalue weighted by molar-refractivity contribution is 5.79. The molecule has 5 nitrogen and oxygen atoms in total. The van der Waals surface area contributed by atoms with Crippen LogP contribution in [0, 0.1) is 5.92 Å². The second-order valence-electron chi connectivity index (χ2n) is 5.30. The van der Waals surface area contributed by atoms with E-state index in [1.165, 1.54) is 0 Å². The van der Waals surface area contributed by atoms with Crippen LogP contribution in [0.1, 0.15) is 40.0 Å². The average Bonchev–Trinajstić information content (AvgIpc) is 2.24. The molecule has 0 rings (SSSR count). The van der Waals surface area contributed by atoms with Gasteiger partial charge in [-0.2, -0.15) is 0 Å². The SMILES string of the molecule is C=CCCC(C)(C)NC(=O)CC(C)[C@H](N)C(=O)O. The Kier molecular flexibility index (Phi) is 6.62. The summed E-state index contributed by atoms with van der Waals surface area (Å²) in [5, 5.41) is 11.6. The molecule has 4 N–H and O–H groups in total. The van der Waals surface area contributed by atoms with Crippen LogP contribution >= 0.6 is 0 Å². The minimum atomic E-state index is -1.08. The predicted octanol–water partition coefficient (Wildman–Crippen LogP) is 1.29. The highest BCUT2D eigenvalue weighted by Crippen LogP contribution is 2.13. The van der Waals surface area contributed by atoms with E-state index in [1.807, 2.05) is 13.8 Å². The molecular formula is C13H24N2O3. The maximum atomic E-state index is 11.8. The number of carbonyl (C=O) groups is 2. The Morgan fingerprint density at radius 2 is 2.06 bits per heavy atom. The zero-order valence-electron chi connectivity index (χ0n) is 11.4. The molecule has 0 saturated heterocycles. The summed E-state index contributed by atoms with van der Waals surface area (Å²) >= 11 is 0. The van der Waals surface area contributed by atoms with E-state index < -0.39 is 17.9 Å². The summed E-state index contributed by atoms with van der Waals surface area (Å²) < 4.78 is 0. The van der Waals surface area contributed by atoms with Gasteiger partial charge in [-0.3, -0.25) is 9.59 Å². The van der Waals surface area contributed by atoms with Crippen molar-refractivity contribution >= 4 is 11.9 Å². The molecule has 0 saturated carbocycles. The van der Waals surface area contributed by atoms with Gasteiger partial charge in [0.15, 0.2) is 0 Å². The van der Waals surface area contributed by atoms with Crippen molar-refractivity contribution in [2.45, 2.75) is 51.6 Å². The first-order chi connectivity index (χ1) is 8.19. The number of carboxylic acids is 1. The molecule has 0 bridgehead atoms. The molecule has 0 heterocycles. The second-order valence-corrected chi connectivity index (χ2v) is 5.30. The summed E-state index contributed by atoms with van der Waals surface area (Å²) in [6.07, 6.45) is 3.53. The van der Waals surface area contributed by atoms with Crippen LogP contribution in [0.15, 0.2) is 12.7 Å². The van der Waals surface area contributed by atoms with Crippen molar-refractivity contribution in [2.24, 2.45) is 11.7 Å². The van der Waals surface area contributed by atoms with Crippen LogP contribution in [0.25, 0.3) is 0 Å². The van der Waals surface area contributed by atoms with Crippen LogP contribution in [-0.2, 0) is 9.59 Å². The van der Waals surface area contributed by atoms with Gasteiger partial charge < -0.3 is 16.2 Å². The number of allylic oxidation sites excluding steroid dienone is 1. The van der Waals surface area contributed by atoms with Crippen molar-refractivity contribution in [1.82, 2.24) is 5.32 Å². The fourth-order valence-electron chi connectivity index (χ4n) is 1.62. The Balaban J connectivity index is 4.25. The Labute approximate surface area is 108 Å². The van der Waals surface area contributed by atoms with Gasteiger partial charge in [-0.25, -0.2) is 0 Å². The number of amides is 1. The van der Waals surface area contributed by atoms with Crippen molar-refractivity contribution in [1.29, 1.82) is 0 Å². The van der Waals surface area contributed by atoms with Gasteiger partial charge in [-0.1, -0.05) is 13.0 Å². The molecule has 0 aliphatic carbocycles. The lowest BCUT2D eigenvalue weighted by molar-refractivity contribution is -0.140. The van der Waals surface area contributed by atoms with Crippen molar-refractivity contribution in [3.63, 3.8) is 0 Å². The van der Waals surface area contributed by atoms with Gasteiger partial charge >= 0.3 is 5.97 Å². The van der Waals surface area contributed by atoms with Gasteiger partial charge in [0.25, 0.3) is 0 Å². The van der Waals surface area contributed by atoms with Crippen LogP contribution in [0.5, 0.6) is 0 Å². The molecule has 0 aromatic carbocycles. The predicted molar refractivity (Wildman–Crippen MR) is 71.0 cm³/mol. The molecule has 2 atom stereocenters. The zero-order valence-corrected chi connectivity index (χ0v) is 11.4. The third-order valence-corrected chi connectivity index (χ3v) is 2.86. The van der Waals surface area contributed by atoms with Gasteiger partial charge in [-0.15, -0.1) is 6.58 Å². The van der Waals surface area contributed by atoms with Crippen LogP contribution in [0.4, 0.5) is 0 Å². The Hall–Kier alpha value is -1.36. The third-order valence-electron chi connectivity index (χ3n) is 2.86. The van der Waals surface area contributed by atoms with Crippen molar-refractivity contribution in [3.8, 4) is 0 Å². The average molecular weight is 256 g/mol. The van der Waals surface area contributed by atoms with Gasteiger partial charge in [0.05, 0.1) is 0 Å². The number of carbonyl (C=O) groups excluding carboxylic acids is 1. The highest BCUT2D eigenvalue weighted by Gasteiger charge is 2.25. The molecule has 0 aromatic rings. The fraction of sp³-hybridized carbons (Fsp3) is 0.692. The molecule has 0 aromatic heterocycles. The van der Waals surface area contributed by atoms with E-state index in [0.717, 1.165) is 12.8 Å². The normalized spacial score (nSPS) is 14.7. The molecule has 0 aliphatic rings. The van der Waals surface area contributed by atoms with E-state index in [1.54, 1.807) is 13.0 Å². The van der Waals surface area contributed by atoms with E-state index in [2.05, 4.69) is 11.9 Å². The van der Waals surface area contributed by atoms with Crippen molar-refractivity contribution in [3.05, 3.63) is 12.7 Å². The molecule has 104 valence electrons. The summed E-state index contributed by atoms with van der Waals surface area (Å²) in [5.41, 5.74) is 5.14. The summed E-state index contributed by atoms with van der Waals surface area (Å²) in [6, 6.07) is -1.01. The van der Waals surface area contributed by atoms with Crippen LogP contribution in [-0.4, -0.2) is 28.6 Å². The topological polar surface area (TPSA) is 92.4 Å². The fourth-order valence-corrected chi connectivity index (χ4v) is 1.62. The van der Waals surface area contributed by atoms with Gasteiger partial charge in [-0.05, 0) is 32.6 Å². The minimum absolute atomic E-state index is 0.116. The highest BCUT2D eigenvalue weighted by atomic mass is 16.4. The standard InChI is InChI=1S/C13H24N2O3/c1-5-6-7-13(3,4)15-10(16)8-9(2)11(14)12(17)18/h5,9,11H,1,6-8,14H2,2-4H3,(H,15,16)(H,17,18)/t9?,11-/m0/s1. The van der Waals surface area contributed by atoms with E-state index >= 15 is 0 Å².